The molecule has 4 heteroatoms. The average Bonchev–Trinajstić information content (AvgIpc) is 2.86. The quantitative estimate of drug-likeness (QED) is 0.510. The first-order valence-electron chi connectivity index (χ1n) is 8.50. The zero-order valence-electron chi connectivity index (χ0n) is 15.1. The molecule has 130 valence electrons. The minimum absolute atomic E-state index is 0.00547. The van der Waals surface area contributed by atoms with E-state index in [-0.39, 0.29) is 12.1 Å². The smallest absolute Gasteiger partial charge is 0.304 e. The highest BCUT2D eigenvalue weighted by Crippen LogP contribution is 2.69. The van der Waals surface area contributed by atoms with E-state index in [9.17, 15) is 4.57 Å². The van der Waals surface area contributed by atoms with Gasteiger partial charge in [0.05, 0.1) is 0 Å². The van der Waals surface area contributed by atoms with Crippen LogP contribution in [0.2, 0.25) is 0 Å². The van der Waals surface area contributed by atoms with Gasteiger partial charge in [0.2, 0.25) is 0 Å². The molecule has 0 unspecified atom stereocenters. The highest BCUT2D eigenvalue weighted by molar-refractivity contribution is 7.67. The Hall–Kier alpha value is -1.89. The van der Waals surface area contributed by atoms with E-state index in [1.807, 2.05) is 86.2 Å². The fourth-order valence-corrected chi connectivity index (χ4v) is 5.70. The van der Waals surface area contributed by atoms with E-state index in [1.165, 1.54) is 0 Å². The summed E-state index contributed by atoms with van der Waals surface area (Å²) in [5.74, 6) is 0. The third-order valence-corrected chi connectivity index (χ3v) is 7.17. The van der Waals surface area contributed by atoms with Crippen molar-refractivity contribution in [2.45, 2.75) is 32.9 Å². The first kappa shape index (κ1) is 17.9. The van der Waals surface area contributed by atoms with Crippen molar-refractivity contribution in [1.29, 1.82) is 0 Å². The highest BCUT2D eigenvalue weighted by Gasteiger charge is 2.49. The van der Waals surface area contributed by atoms with Crippen molar-refractivity contribution in [2.24, 2.45) is 0 Å². The summed E-state index contributed by atoms with van der Waals surface area (Å²) in [5.41, 5.74) is 6.21. The molecule has 0 amide bonds. The largest absolute Gasteiger partial charge is 0.311 e. The molecule has 25 heavy (non-hydrogen) atoms. The normalized spacial score (nSPS) is 26.2. The lowest BCUT2D eigenvalue weighted by molar-refractivity contribution is 0.212. The number of hydrogen-bond donors (Lipinski definition) is 0. The molecule has 3 atom stereocenters. The lowest BCUT2D eigenvalue weighted by atomic mass is 10.0. The number of hydrogen-bond acceptors (Lipinski definition) is 2. The third-order valence-electron chi connectivity index (χ3n) is 4.53. The van der Waals surface area contributed by atoms with Crippen LogP contribution in [0.15, 0.2) is 72.0 Å². The molecule has 1 saturated heterocycles. The fraction of sp³-hybridized carbons (Fsp3) is 0.286. The third kappa shape index (κ3) is 3.42. The van der Waals surface area contributed by atoms with Crippen LogP contribution in [0.1, 0.15) is 38.0 Å². The maximum atomic E-state index is 14.0. The molecule has 1 fully saturated rings. The summed E-state index contributed by atoms with van der Waals surface area (Å²) in [4.78, 5) is 0. The Balaban J connectivity index is 2.11. The van der Waals surface area contributed by atoms with Gasteiger partial charge >= 0.3 is 7.52 Å². The van der Waals surface area contributed by atoms with Crippen LogP contribution >= 0.6 is 7.52 Å². The van der Waals surface area contributed by atoms with Gasteiger partial charge in [-0.05, 0) is 44.5 Å². The molecular formula is C21H24NO2P. The maximum absolute atomic E-state index is 14.0. The maximum Gasteiger partial charge on any atom is 0.311 e. The van der Waals surface area contributed by atoms with E-state index in [2.05, 4.69) is 12.7 Å². The van der Waals surface area contributed by atoms with Gasteiger partial charge in [0, 0.05) is 6.04 Å². The van der Waals surface area contributed by atoms with Crippen molar-refractivity contribution in [1.82, 2.24) is 4.67 Å². The van der Waals surface area contributed by atoms with Crippen molar-refractivity contribution in [3.63, 3.8) is 0 Å². The lowest BCUT2D eigenvalue weighted by Gasteiger charge is -2.22. The number of allylic oxidation sites excluding steroid dienone is 1. The molecule has 0 bridgehead atoms. The van der Waals surface area contributed by atoms with Crippen LogP contribution in [0.3, 0.4) is 0 Å². The topological polar surface area (TPSA) is 29.5 Å². The second-order valence-electron chi connectivity index (χ2n) is 6.61. The van der Waals surface area contributed by atoms with Gasteiger partial charge in [0.1, 0.15) is 11.4 Å². The molecule has 1 aliphatic rings. The standard InChI is InChI=1S/C21H24NO2P/c1-16(2)15-20(18-11-7-5-8-12-18)25(23)22(4)17(3)21(24-25)19-13-9-6-10-14-19/h5-14,17,21H,1-4H3/t17-,21+,25+/m0/s1. The average molecular weight is 353 g/mol. The van der Waals surface area contributed by atoms with Crippen molar-refractivity contribution < 1.29 is 9.09 Å². The number of benzene rings is 2. The number of nitrogens with zero attached hydrogens (tertiary/aromatic N) is 1. The fourth-order valence-electron chi connectivity index (χ4n) is 3.08. The minimum Gasteiger partial charge on any atom is -0.304 e. The van der Waals surface area contributed by atoms with E-state index in [0.29, 0.717) is 5.31 Å². The molecule has 0 aliphatic carbocycles. The van der Waals surface area contributed by atoms with Gasteiger partial charge in [0.15, 0.2) is 0 Å². The molecule has 0 spiro atoms. The zero-order valence-corrected chi connectivity index (χ0v) is 16.0. The van der Waals surface area contributed by atoms with E-state index in [4.69, 9.17) is 4.52 Å². The first-order valence-corrected chi connectivity index (χ1v) is 10.1. The molecule has 3 nitrogen and oxygen atoms in total. The van der Waals surface area contributed by atoms with Gasteiger partial charge in [-0.15, -0.1) is 5.73 Å². The van der Waals surface area contributed by atoms with E-state index < -0.39 is 7.52 Å². The zero-order chi connectivity index (χ0) is 18.0. The molecule has 0 aromatic heterocycles. The van der Waals surface area contributed by atoms with E-state index in [1.54, 1.807) is 0 Å². The van der Waals surface area contributed by atoms with Crippen LogP contribution in [-0.2, 0) is 9.09 Å². The lowest BCUT2D eigenvalue weighted by Crippen LogP contribution is -2.23. The SMILES string of the molecule is CC(C)=C=C(c1ccccc1)[P@@]1(=O)O[C@@H](c2ccccc2)[C@H](C)N1C. The predicted molar refractivity (Wildman–Crippen MR) is 103 cm³/mol. The summed E-state index contributed by atoms with van der Waals surface area (Å²) in [6, 6.07) is 19.8. The summed E-state index contributed by atoms with van der Waals surface area (Å²) in [6.07, 6.45) is -0.227. The Morgan fingerprint density at radius 2 is 1.60 bits per heavy atom. The summed E-state index contributed by atoms with van der Waals surface area (Å²) in [7, 11) is -1.33. The van der Waals surface area contributed by atoms with Crippen molar-refractivity contribution in [2.75, 3.05) is 7.05 Å². The molecule has 0 saturated carbocycles. The van der Waals surface area contributed by atoms with Gasteiger partial charge < -0.3 is 4.52 Å². The number of likely N-dealkylation sites (N-methyl/N-ethyl adjacent to an activating group) is 1. The van der Waals surface area contributed by atoms with Gasteiger partial charge in [-0.1, -0.05) is 60.7 Å². The van der Waals surface area contributed by atoms with Gasteiger partial charge in [-0.3, -0.25) is 4.57 Å². The second-order valence-corrected chi connectivity index (χ2v) is 8.94. The van der Waals surface area contributed by atoms with Crippen LogP contribution < -0.4 is 0 Å². The molecule has 0 radical (unpaired) electrons. The van der Waals surface area contributed by atoms with E-state index in [0.717, 1.165) is 16.7 Å². The van der Waals surface area contributed by atoms with Crippen molar-refractivity contribution >= 4 is 12.8 Å². The summed E-state index contributed by atoms with van der Waals surface area (Å²) < 4.78 is 22.1. The van der Waals surface area contributed by atoms with Crippen LogP contribution in [0.5, 0.6) is 0 Å². The molecule has 0 N–H and O–H groups in total. The Bertz CT molecular complexity index is 850. The van der Waals surface area contributed by atoms with Crippen LogP contribution in [0.25, 0.3) is 5.31 Å². The van der Waals surface area contributed by atoms with Gasteiger partial charge in [-0.2, -0.15) is 0 Å². The first-order chi connectivity index (χ1) is 11.9. The highest BCUT2D eigenvalue weighted by atomic mass is 31.2. The summed E-state index contributed by atoms with van der Waals surface area (Å²) in [5, 5.41) is 0.640. The predicted octanol–water partition coefficient (Wildman–Crippen LogP) is 5.88. The Morgan fingerprint density at radius 1 is 1.04 bits per heavy atom. The van der Waals surface area contributed by atoms with E-state index >= 15 is 0 Å². The van der Waals surface area contributed by atoms with Gasteiger partial charge in [-0.25, -0.2) is 4.67 Å². The Labute approximate surface area is 150 Å². The van der Waals surface area contributed by atoms with Crippen molar-refractivity contribution in [3.8, 4) is 0 Å². The molecule has 1 aliphatic heterocycles. The molecular weight excluding hydrogens is 329 g/mol. The van der Waals surface area contributed by atoms with Crippen LogP contribution in [0, 0.1) is 0 Å². The minimum atomic E-state index is -3.21. The van der Waals surface area contributed by atoms with Gasteiger partial charge in [0.25, 0.3) is 0 Å². The molecule has 3 rings (SSSR count). The summed E-state index contributed by atoms with van der Waals surface area (Å²) in [6.45, 7) is 5.98. The van der Waals surface area contributed by atoms with Crippen LogP contribution in [0.4, 0.5) is 0 Å². The molecule has 2 aromatic carbocycles. The Morgan fingerprint density at radius 3 is 2.16 bits per heavy atom. The second kappa shape index (κ2) is 7.15. The monoisotopic (exact) mass is 353 g/mol. The summed E-state index contributed by atoms with van der Waals surface area (Å²) >= 11 is 0. The number of rotatable bonds is 3. The Kier molecular flexibility index (Phi) is 5.13. The van der Waals surface area contributed by atoms with Crippen molar-refractivity contribution in [3.05, 3.63) is 83.1 Å². The molecule has 2 aromatic rings. The molecule has 1 heterocycles. The van der Waals surface area contributed by atoms with Crippen LogP contribution in [-0.4, -0.2) is 17.8 Å².